The van der Waals surface area contributed by atoms with Gasteiger partial charge in [-0.05, 0) is 6.07 Å². The second-order valence-corrected chi connectivity index (χ2v) is 3.25. The van der Waals surface area contributed by atoms with Crippen molar-refractivity contribution in [1.82, 2.24) is 19.3 Å². The van der Waals surface area contributed by atoms with E-state index in [1.807, 2.05) is 14.1 Å². The fraction of sp³-hybridized carbons (Fsp3) is 0.333. The highest BCUT2D eigenvalue weighted by Crippen LogP contribution is 2.18. The molecule has 2 rings (SSSR count). The molecule has 0 aromatic carbocycles. The normalized spacial score (nSPS) is 13.1. The molecule has 2 aromatic heterocycles. The van der Waals surface area contributed by atoms with E-state index in [4.69, 9.17) is 0 Å². The molecule has 0 aliphatic heterocycles. The van der Waals surface area contributed by atoms with Crippen LogP contribution in [0.1, 0.15) is 17.5 Å². The van der Waals surface area contributed by atoms with Gasteiger partial charge in [-0.3, -0.25) is 4.68 Å². The van der Waals surface area contributed by atoms with Crippen LogP contribution in [0, 0.1) is 0 Å². The summed E-state index contributed by atoms with van der Waals surface area (Å²) < 4.78 is 3.44. The molecule has 14 heavy (non-hydrogen) atoms. The van der Waals surface area contributed by atoms with Gasteiger partial charge in [-0.2, -0.15) is 5.10 Å². The van der Waals surface area contributed by atoms with Crippen molar-refractivity contribution in [2.45, 2.75) is 6.10 Å². The van der Waals surface area contributed by atoms with Crippen molar-refractivity contribution in [3.05, 3.63) is 36.2 Å². The summed E-state index contributed by atoms with van der Waals surface area (Å²) in [5, 5.41) is 14.1. The van der Waals surface area contributed by atoms with E-state index in [9.17, 15) is 5.11 Å². The summed E-state index contributed by atoms with van der Waals surface area (Å²) >= 11 is 0. The van der Waals surface area contributed by atoms with Crippen LogP contribution < -0.4 is 0 Å². The maximum Gasteiger partial charge on any atom is 0.139 e. The van der Waals surface area contributed by atoms with Crippen molar-refractivity contribution in [1.29, 1.82) is 0 Å². The minimum atomic E-state index is -0.705. The number of imidazole rings is 1. The van der Waals surface area contributed by atoms with E-state index in [1.165, 1.54) is 0 Å². The molecule has 0 spiro atoms. The quantitative estimate of drug-likeness (QED) is 0.741. The zero-order chi connectivity index (χ0) is 10.1. The number of aliphatic hydroxyl groups is 1. The second kappa shape index (κ2) is 3.26. The Morgan fingerprint density at radius 2 is 2.21 bits per heavy atom. The maximum atomic E-state index is 9.94. The van der Waals surface area contributed by atoms with Gasteiger partial charge >= 0.3 is 0 Å². The summed E-state index contributed by atoms with van der Waals surface area (Å²) in [5.41, 5.74) is 1.37. The Balaban J connectivity index is 2.33. The molecule has 0 aliphatic rings. The molecule has 0 saturated carbocycles. The van der Waals surface area contributed by atoms with Crippen LogP contribution in [0.15, 0.2) is 24.8 Å². The molecule has 2 heterocycles. The van der Waals surface area contributed by atoms with E-state index >= 15 is 0 Å². The number of hydrogen-bond acceptors (Lipinski definition) is 3. The maximum absolute atomic E-state index is 9.94. The standard InChI is InChI=1S/C9H12N4O/c1-12-6-10-5-8(12)9(14)7-3-4-13(2)11-7/h3-6,9,14H,1-2H3. The molecule has 0 aliphatic carbocycles. The molecule has 5 heteroatoms. The lowest BCUT2D eigenvalue weighted by atomic mass is 10.2. The van der Waals surface area contributed by atoms with Crippen molar-refractivity contribution < 1.29 is 5.11 Å². The highest BCUT2D eigenvalue weighted by Gasteiger charge is 2.15. The fourth-order valence-corrected chi connectivity index (χ4v) is 1.36. The molecule has 1 unspecified atom stereocenters. The van der Waals surface area contributed by atoms with Crippen LogP contribution in [0.3, 0.4) is 0 Å². The summed E-state index contributed by atoms with van der Waals surface area (Å²) in [6.07, 6.45) is 4.39. The molecule has 1 N–H and O–H groups in total. The van der Waals surface area contributed by atoms with E-state index in [1.54, 1.807) is 34.0 Å². The monoisotopic (exact) mass is 192 g/mol. The Labute approximate surface area is 81.6 Å². The lowest BCUT2D eigenvalue weighted by Crippen LogP contribution is -2.06. The first-order valence-corrected chi connectivity index (χ1v) is 4.32. The van der Waals surface area contributed by atoms with Crippen LogP contribution in [0.5, 0.6) is 0 Å². The summed E-state index contributed by atoms with van der Waals surface area (Å²) in [5.74, 6) is 0. The molecule has 2 aromatic rings. The minimum Gasteiger partial charge on any atom is -0.380 e. The lowest BCUT2D eigenvalue weighted by Gasteiger charge is -2.07. The predicted molar refractivity (Wildman–Crippen MR) is 50.5 cm³/mol. The number of aliphatic hydroxyl groups excluding tert-OH is 1. The predicted octanol–water partition coefficient (Wildman–Crippen LogP) is 0.235. The minimum absolute atomic E-state index is 0.635. The molecular formula is C9H12N4O. The molecular weight excluding hydrogens is 180 g/mol. The molecule has 0 bridgehead atoms. The van der Waals surface area contributed by atoms with Gasteiger partial charge in [0.2, 0.25) is 0 Å². The van der Waals surface area contributed by atoms with Crippen LogP contribution in [-0.4, -0.2) is 24.4 Å². The Morgan fingerprint density at radius 1 is 1.43 bits per heavy atom. The first-order valence-electron chi connectivity index (χ1n) is 4.32. The van der Waals surface area contributed by atoms with E-state index in [-0.39, 0.29) is 0 Å². The Morgan fingerprint density at radius 3 is 2.71 bits per heavy atom. The highest BCUT2D eigenvalue weighted by molar-refractivity contribution is 5.16. The third-order valence-corrected chi connectivity index (χ3v) is 2.15. The number of rotatable bonds is 2. The third-order valence-electron chi connectivity index (χ3n) is 2.15. The van der Waals surface area contributed by atoms with Crippen LogP contribution >= 0.6 is 0 Å². The van der Waals surface area contributed by atoms with E-state index in [0.717, 1.165) is 5.69 Å². The summed E-state index contributed by atoms with van der Waals surface area (Å²) in [4.78, 5) is 3.94. The van der Waals surface area contributed by atoms with Crippen molar-refractivity contribution in [3.8, 4) is 0 Å². The second-order valence-electron chi connectivity index (χ2n) is 3.25. The highest BCUT2D eigenvalue weighted by atomic mass is 16.3. The van der Waals surface area contributed by atoms with E-state index < -0.39 is 6.10 Å². The van der Waals surface area contributed by atoms with Gasteiger partial charge in [0, 0.05) is 20.3 Å². The molecule has 0 fully saturated rings. The number of aromatic nitrogens is 4. The Hall–Kier alpha value is -1.62. The van der Waals surface area contributed by atoms with Crippen molar-refractivity contribution >= 4 is 0 Å². The molecule has 1 atom stereocenters. The number of nitrogens with zero attached hydrogens (tertiary/aromatic N) is 4. The zero-order valence-corrected chi connectivity index (χ0v) is 8.12. The number of hydrogen-bond donors (Lipinski definition) is 1. The first kappa shape index (κ1) is 8.96. The summed E-state index contributed by atoms with van der Waals surface area (Å²) in [6, 6.07) is 1.79. The Kier molecular flexibility index (Phi) is 2.09. The zero-order valence-electron chi connectivity index (χ0n) is 8.12. The smallest absolute Gasteiger partial charge is 0.139 e. The van der Waals surface area contributed by atoms with Gasteiger partial charge in [0.1, 0.15) is 6.10 Å². The SMILES string of the molecule is Cn1ccc(C(O)c2cncn2C)n1. The third kappa shape index (κ3) is 1.42. The van der Waals surface area contributed by atoms with Crippen molar-refractivity contribution in [2.75, 3.05) is 0 Å². The van der Waals surface area contributed by atoms with Gasteiger partial charge < -0.3 is 9.67 Å². The van der Waals surface area contributed by atoms with E-state index in [0.29, 0.717) is 5.69 Å². The first-order chi connectivity index (χ1) is 6.68. The molecule has 0 radical (unpaired) electrons. The molecule has 0 amide bonds. The Bertz CT molecular complexity index is 431. The van der Waals surface area contributed by atoms with Gasteiger partial charge in [-0.1, -0.05) is 0 Å². The average molecular weight is 192 g/mol. The molecule has 5 nitrogen and oxygen atoms in total. The fourth-order valence-electron chi connectivity index (χ4n) is 1.36. The van der Waals surface area contributed by atoms with Gasteiger partial charge in [-0.25, -0.2) is 4.98 Å². The van der Waals surface area contributed by atoms with E-state index in [2.05, 4.69) is 10.1 Å². The van der Waals surface area contributed by atoms with Gasteiger partial charge in [0.25, 0.3) is 0 Å². The summed E-state index contributed by atoms with van der Waals surface area (Å²) in [7, 11) is 3.66. The lowest BCUT2D eigenvalue weighted by molar-refractivity contribution is 0.205. The van der Waals surface area contributed by atoms with Crippen LogP contribution in [0.2, 0.25) is 0 Å². The van der Waals surface area contributed by atoms with Crippen LogP contribution in [0.25, 0.3) is 0 Å². The topological polar surface area (TPSA) is 55.9 Å². The van der Waals surface area contributed by atoms with Gasteiger partial charge in [0.05, 0.1) is 23.9 Å². The van der Waals surface area contributed by atoms with Crippen molar-refractivity contribution in [2.24, 2.45) is 14.1 Å². The number of aryl methyl sites for hydroxylation is 2. The van der Waals surface area contributed by atoms with Crippen LogP contribution in [-0.2, 0) is 14.1 Å². The largest absolute Gasteiger partial charge is 0.380 e. The summed E-state index contributed by atoms with van der Waals surface area (Å²) in [6.45, 7) is 0. The average Bonchev–Trinajstić information content (AvgIpc) is 2.73. The molecule has 0 saturated heterocycles. The van der Waals surface area contributed by atoms with Gasteiger partial charge in [0.15, 0.2) is 0 Å². The van der Waals surface area contributed by atoms with Gasteiger partial charge in [-0.15, -0.1) is 0 Å². The molecule has 74 valence electrons. The van der Waals surface area contributed by atoms with Crippen molar-refractivity contribution in [3.63, 3.8) is 0 Å². The van der Waals surface area contributed by atoms with Crippen LogP contribution in [0.4, 0.5) is 0 Å².